The van der Waals surface area contributed by atoms with E-state index in [4.69, 9.17) is 10.5 Å². The maximum absolute atomic E-state index is 12.5. The number of nitrogens with two attached hydrogens (primary N) is 1. The largest absolute Gasteiger partial charge is 0.381 e. The minimum absolute atomic E-state index is 0.0570. The summed E-state index contributed by atoms with van der Waals surface area (Å²) in [4.78, 5) is 0. The Morgan fingerprint density at radius 2 is 2.00 bits per heavy atom. The summed E-state index contributed by atoms with van der Waals surface area (Å²) in [6.45, 7) is 7.03. The molecule has 2 fully saturated rings. The van der Waals surface area contributed by atoms with E-state index in [-0.39, 0.29) is 23.1 Å². The highest BCUT2D eigenvalue weighted by molar-refractivity contribution is 7.89. The number of nitrogens with zero attached hydrogens (tertiary/aromatic N) is 1. The third-order valence-corrected chi connectivity index (χ3v) is 6.63. The summed E-state index contributed by atoms with van der Waals surface area (Å²) < 4.78 is 31.9. The molecular weight excluding hydrogens is 276 g/mol. The van der Waals surface area contributed by atoms with Crippen LogP contribution in [0.15, 0.2) is 0 Å². The molecule has 0 spiro atoms. The van der Waals surface area contributed by atoms with Crippen molar-refractivity contribution in [1.82, 2.24) is 4.31 Å². The first kappa shape index (κ1) is 16.2. The van der Waals surface area contributed by atoms with Gasteiger partial charge in [0.15, 0.2) is 0 Å². The van der Waals surface area contributed by atoms with E-state index in [2.05, 4.69) is 13.8 Å². The van der Waals surface area contributed by atoms with Gasteiger partial charge in [-0.2, -0.15) is 0 Å². The summed E-state index contributed by atoms with van der Waals surface area (Å²) in [5.74, 6) is 0.237. The molecule has 2 heterocycles. The molecule has 2 atom stereocenters. The molecule has 6 heteroatoms. The summed E-state index contributed by atoms with van der Waals surface area (Å²) in [6, 6.07) is -0.310. The Labute approximate surface area is 122 Å². The summed E-state index contributed by atoms with van der Waals surface area (Å²) >= 11 is 0. The van der Waals surface area contributed by atoms with E-state index in [1.54, 1.807) is 4.31 Å². The molecule has 2 N–H and O–H groups in total. The fourth-order valence-corrected chi connectivity index (χ4v) is 4.67. The smallest absolute Gasteiger partial charge is 0.215 e. The molecule has 0 aromatic heterocycles. The lowest BCUT2D eigenvalue weighted by atomic mass is 9.83. The minimum atomic E-state index is -3.23. The van der Waals surface area contributed by atoms with Crippen molar-refractivity contribution >= 4 is 10.0 Å². The van der Waals surface area contributed by atoms with Crippen molar-refractivity contribution in [3.8, 4) is 0 Å². The van der Waals surface area contributed by atoms with E-state index in [1.165, 1.54) is 0 Å². The summed E-state index contributed by atoms with van der Waals surface area (Å²) in [6.07, 6.45) is 3.81. The molecule has 118 valence electrons. The van der Waals surface area contributed by atoms with Crippen molar-refractivity contribution in [2.45, 2.75) is 45.6 Å². The molecule has 2 aliphatic rings. The van der Waals surface area contributed by atoms with Gasteiger partial charge in [-0.15, -0.1) is 0 Å². The average molecular weight is 304 g/mol. The minimum Gasteiger partial charge on any atom is -0.381 e. The number of hydrogen-bond donors (Lipinski definition) is 1. The summed E-state index contributed by atoms with van der Waals surface area (Å²) in [5.41, 5.74) is 6.36. The van der Waals surface area contributed by atoms with Gasteiger partial charge in [-0.3, -0.25) is 0 Å². The summed E-state index contributed by atoms with van der Waals surface area (Å²) in [7, 11) is -3.23. The molecule has 2 aliphatic heterocycles. The highest BCUT2D eigenvalue weighted by atomic mass is 32.2. The lowest BCUT2D eigenvalue weighted by Crippen LogP contribution is -2.48. The molecule has 0 amide bonds. The van der Waals surface area contributed by atoms with Gasteiger partial charge < -0.3 is 10.5 Å². The van der Waals surface area contributed by atoms with Crippen LogP contribution in [0.5, 0.6) is 0 Å². The van der Waals surface area contributed by atoms with E-state index >= 15 is 0 Å². The Bertz CT molecular complexity index is 406. The third kappa shape index (κ3) is 4.16. The number of rotatable bonds is 4. The van der Waals surface area contributed by atoms with E-state index < -0.39 is 10.0 Å². The molecule has 0 aromatic rings. The molecule has 0 aromatic carbocycles. The van der Waals surface area contributed by atoms with Crippen LogP contribution < -0.4 is 5.73 Å². The summed E-state index contributed by atoms with van der Waals surface area (Å²) in [5, 5.41) is 0. The van der Waals surface area contributed by atoms with E-state index in [9.17, 15) is 8.42 Å². The van der Waals surface area contributed by atoms with Crippen molar-refractivity contribution in [2.75, 3.05) is 32.1 Å². The van der Waals surface area contributed by atoms with Gasteiger partial charge in [-0.25, -0.2) is 12.7 Å². The topological polar surface area (TPSA) is 72.6 Å². The predicted octanol–water partition coefficient (Wildman–Crippen LogP) is 1.19. The first-order valence-electron chi connectivity index (χ1n) is 7.61. The lowest BCUT2D eigenvalue weighted by molar-refractivity contribution is 0.0474. The molecule has 2 saturated heterocycles. The number of piperidine rings is 1. The molecule has 2 rings (SSSR count). The zero-order valence-electron chi connectivity index (χ0n) is 12.7. The van der Waals surface area contributed by atoms with Gasteiger partial charge in [0.2, 0.25) is 10.0 Å². The van der Waals surface area contributed by atoms with Gasteiger partial charge >= 0.3 is 0 Å². The molecular formula is C14H28N2O3S. The molecule has 5 nitrogen and oxygen atoms in total. The van der Waals surface area contributed by atoms with Crippen LogP contribution in [-0.2, 0) is 14.8 Å². The molecule has 2 unspecified atom stereocenters. The Morgan fingerprint density at radius 1 is 1.35 bits per heavy atom. The second kappa shape index (κ2) is 6.30. The van der Waals surface area contributed by atoms with Crippen LogP contribution in [-0.4, -0.2) is 50.8 Å². The van der Waals surface area contributed by atoms with Crippen LogP contribution in [0.25, 0.3) is 0 Å². The Morgan fingerprint density at radius 3 is 2.55 bits per heavy atom. The van der Waals surface area contributed by atoms with Gasteiger partial charge in [0.25, 0.3) is 0 Å². The van der Waals surface area contributed by atoms with Gasteiger partial charge in [0, 0.05) is 25.7 Å². The number of hydrogen-bond acceptors (Lipinski definition) is 4. The normalized spacial score (nSPS) is 30.1. The van der Waals surface area contributed by atoms with Crippen molar-refractivity contribution in [1.29, 1.82) is 0 Å². The Kier molecular flexibility index (Phi) is 5.10. The standard InChI is InChI=1S/C14H28N2O3S/c1-14(2)5-7-16(8-6-14)20(17,18)11-13(15)12-4-3-9-19-10-12/h12-13H,3-11,15H2,1-2H3. The Balaban J connectivity index is 1.90. The van der Waals surface area contributed by atoms with Crippen LogP contribution in [0, 0.1) is 11.3 Å². The van der Waals surface area contributed by atoms with Crippen LogP contribution >= 0.6 is 0 Å². The maximum atomic E-state index is 12.5. The predicted molar refractivity (Wildman–Crippen MR) is 79.9 cm³/mol. The van der Waals surface area contributed by atoms with E-state index in [1.807, 2.05) is 0 Å². The maximum Gasteiger partial charge on any atom is 0.215 e. The number of sulfonamides is 1. The second-order valence-corrected chi connectivity index (χ2v) is 9.00. The SMILES string of the molecule is CC1(C)CCN(S(=O)(=O)CC(N)C2CCCOC2)CC1. The van der Waals surface area contributed by atoms with E-state index in [0.29, 0.717) is 19.7 Å². The van der Waals surface area contributed by atoms with Crippen LogP contribution in [0.2, 0.25) is 0 Å². The molecule has 20 heavy (non-hydrogen) atoms. The monoisotopic (exact) mass is 304 g/mol. The zero-order valence-corrected chi connectivity index (χ0v) is 13.5. The van der Waals surface area contributed by atoms with E-state index in [0.717, 1.165) is 32.3 Å². The average Bonchev–Trinajstić information content (AvgIpc) is 2.38. The fourth-order valence-electron chi connectivity index (χ4n) is 2.96. The third-order valence-electron chi connectivity index (χ3n) is 4.67. The van der Waals surface area contributed by atoms with Crippen LogP contribution in [0.1, 0.15) is 39.5 Å². The molecule has 0 radical (unpaired) electrons. The van der Waals surface area contributed by atoms with Gasteiger partial charge in [-0.1, -0.05) is 13.8 Å². The van der Waals surface area contributed by atoms with Crippen molar-refractivity contribution in [3.63, 3.8) is 0 Å². The van der Waals surface area contributed by atoms with Crippen LogP contribution in [0.4, 0.5) is 0 Å². The van der Waals surface area contributed by atoms with Gasteiger partial charge in [-0.05, 0) is 37.0 Å². The first-order valence-corrected chi connectivity index (χ1v) is 9.22. The van der Waals surface area contributed by atoms with Crippen LogP contribution in [0.3, 0.4) is 0 Å². The van der Waals surface area contributed by atoms with Crippen molar-refractivity contribution < 1.29 is 13.2 Å². The quantitative estimate of drug-likeness (QED) is 0.847. The zero-order chi connectivity index (χ0) is 14.8. The second-order valence-electron chi connectivity index (χ2n) is 6.98. The number of ether oxygens (including phenoxy) is 1. The van der Waals surface area contributed by atoms with Gasteiger partial charge in [0.1, 0.15) is 0 Å². The molecule has 0 bridgehead atoms. The van der Waals surface area contributed by atoms with Gasteiger partial charge in [0.05, 0.1) is 12.4 Å². The van der Waals surface area contributed by atoms with Crippen molar-refractivity contribution in [3.05, 3.63) is 0 Å². The molecule has 0 aliphatic carbocycles. The highest BCUT2D eigenvalue weighted by Gasteiger charge is 2.34. The first-order chi connectivity index (χ1) is 9.30. The molecule has 0 saturated carbocycles. The Hall–Kier alpha value is -0.170. The lowest BCUT2D eigenvalue weighted by Gasteiger charge is -2.37. The highest BCUT2D eigenvalue weighted by Crippen LogP contribution is 2.31. The fraction of sp³-hybridized carbons (Fsp3) is 1.00. The van der Waals surface area contributed by atoms with Crippen molar-refractivity contribution in [2.24, 2.45) is 17.1 Å².